The SMILES string of the molecule is CC(I)CC1OCCO1. The van der Waals surface area contributed by atoms with Crippen LogP contribution in [0.25, 0.3) is 0 Å². The highest BCUT2D eigenvalue weighted by atomic mass is 127. The molecule has 1 fully saturated rings. The van der Waals surface area contributed by atoms with E-state index in [0.717, 1.165) is 19.6 Å². The Bertz CT molecular complexity index is 79.1. The molecule has 1 unspecified atom stereocenters. The van der Waals surface area contributed by atoms with Crippen LogP contribution in [0.15, 0.2) is 0 Å². The second kappa shape index (κ2) is 3.73. The van der Waals surface area contributed by atoms with Crippen molar-refractivity contribution in [1.82, 2.24) is 0 Å². The van der Waals surface area contributed by atoms with Gasteiger partial charge in [0.1, 0.15) is 0 Å². The van der Waals surface area contributed by atoms with Gasteiger partial charge in [-0.05, 0) is 0 Å². The maximum absolute atomic E-state index is 5.24. The molecule has 0 aromatic heterocycles. The first-order chi connectivity index (χ1) is 4.29. The van der Waals surface area contributed by atoms with Crippen LogP contribution in [0.1, 0.15) is 13.3 Å². The molecule has 2 nitrogen and oxygen atoms in total. The Hall–Kier alpha value is 0.650. The number of halogens is 1. The molecule has 0 bridgehead atoms. The van der Waals surface area contributed by atoms with E-state index in [2.05, 4.69) is 29.5 Å². The molecule has 1 aliphatic rings. The van der Waals surface area contributed by atoms with E-state index < -0.39 is 0 Å². The Morgan fingerprint density at radius 2 is 2.11 bits per heavy atom. The van der Waals surface area contributed by atoms with Gasteiger partial charge in [0.05, 0.1) is 13.2 Å². The summed E-state index contributed by atoms with van der Waals surface area (Å²) in [4.78, 5) is 0. The monoisotopic (exact) mass is 242 g/mol. The maximum Gasteiger partial charge on any atom is 0.158 e. The lowest BCUT2D eigenvalue weighted by Gasteiger charge is -2.09. The zero-order chi connectivity index (χ0) is 6.69. The van der Waals surface area contributed by atoms with Crippen molar-refractivity contribution in [2.24, 2.45) is 0 Å². The van der Waals surface area contributed by atoms with Gasteiger partial charge in [-0.1, -0.05) is 29.5 Å². The number of ether oxygens (including phenoxy) is 2. The van der Waals surface area contributed by atoms with Crippen molar-refractivity contribution in [1.29, 1.82) is 0 Å². The molecule has 0 N–H and O–H groups in total. The summed E-state index contributed by atoms with van der Waals surface area (Å²) in [6.07, 6.45) is 1.09. The number of rotatable bonds is 2. The second-order valence-corrected chi connectivity index (χ2v) is 4.31. The van der Waals surface area contributed by atoms with Crippen LogP contribution >= 0.6 is 22.6 Å². The maximum atomic E-state index is 5.24. The molecule has 1 aliphatic heterocycles. The predicted molar refractivity (Wildman–Crippen MR) is 43.8 cm³/mol. The summed E-state index contributed by atoms with van der Waals surface area (Å²) >= 11 is 2.37. The van der Waals surface area contributed by atoms with E-state index in [-0.39, 0.29) is 6.29 Å². The van der Waals surface area contributed by atoms with Gasteiger partial charge < -0.3 is 9.47 Å². The van der Waals surface area contributed by atoms with Gasteiger partial charge in [0.2, 0.25) is 0 Å². The summed E-state index contributed by atoms with van der Waals surface area (Å²) in [5.41, 5.74) is 0. The van der Waals surface area contributed by atoms with Crippen molar-refractivity contribution >= 4 is 22.6 Å². The largest absolute Gasteiger partial charge is 0.350 e. The third-order valence-electron chi connectivity index (χ3n) is 1.21. The third kappa shape index (κ3) is 2.82. The second-order valence-electron chi connectivity index (χ2n) is 2.19. The van der Waals surface area contributed by atoms with Crippen LogP contribution in [-0.4, -0.2) is 23.4 Å². The zero-order valence-electron chi connectivity index (χ0n) is 5.47. The number of hydrogen-bond donors (Lipinski definition) is 0. The molecule has 1 saturated heterocycles. The Kier molecular flexibility index (Phi) is 3.21. The Morgan fingerprint density at radius 3 is 2.56 bits per heavy atom. The first-order valence-corrected chi connectivity index (χ1v) is 4.41. The van der Waals surface area contributed by atoms with Crippen LogP contribution in [0, 0.1) is 0 Å². The summed E-state index contributed by atoms with van der Waals surface area (Å²) in [5.74, 6) is 0. The highest BCUT2D eigenvalue weighted by Crippen LogP contribution is 2.14. The van der Waals surface area contributed by atoms with E-state index in [1.807, 2.05) is 0 Å². The minimum atomic E-state index is 0.0805. The molecule has 0 amide bonds. The number of hydrogen-bond acceptors (Lipinski definition) is 2. The molecule has 3 heteroatoms. The van der Waals surface area contributed by atoms with Gasteiger partial charge in [-0.15, -0.1) is 0 Å². The Balaban J connectivity index is 2.11. The smallest absolute Gasteiger partial charge is 0.158 e. The third-order valence-corrected chi connectivity index (χ3v) is 1.72. The average Bonchev–Trinajstić information content (AvgIpc) is 2.15. The van der Waals surface area contributed by atoms with Crippen LogP contribution in [0.3, 0.4) is 0 Å². The van der Waals surface area contributed by atoms with Crippen LogP contribution in [0.4, 0.5) is 0 Å². The lowest BCUT2D eigenvalue weighted by molar-refractivity contribution is -0.0451. The first kappa shape index (κ1) is 7.75. The summed E-state index contributed by atoms with van der Waals surface area (Å²) in [7, 11) is 0. The van der Waals surface area contributed by atoms with Gasteiger partial charge >= 0.3 is 0 Å². The minimum Gasteiger partial charge on any atom is -0.350 e. The molecule has 9 heavy (non-hydrogen) atoms. The lowest BCUT2D eigenvalue weighted by atomic mass is 10.3. The number of alkyl halides is 1. The van der Waals surface area contributed by atoms with E-state index in [0.29, 0.717) is 3.92 Å². The summed E-state index contributed by atoms with van der Waals surface area (Å²) < 4.78 is 11.1. The van der Waals surface area contributed by atoms with E-state index >= 15 is 0 Å². The first-order valence-electron chi connectivity index (χ1n) is 3.16. The van der Waals surface area contributed by atoms with Gasteiger partial charge in [-0.2, -0.15) is 0 Å². The fourth-order valence-electron chi connectivity index (χ4n) is 0.809. The van der Waals surface area contributed by atoms with E-state index in [1.165, 1.54) is 0 Å². The summed E-state index contributed by atoms with van der Waals surface area (Å²) in [5, 5.41) is 0. The van der Waals surface area contributed by atoms with Crippen molar-refractivity contribution < 1.29 is 9.47 Å². The van der Waals surface area contributed by atoms with Gasteiger partial charge in [0.25, 0.3) is 0 Å². The fraction of sp³-hybridized carbons (Fsp3) is 1.00. The standard InChI is InChI=1S/C6H11IO2/c1-5(7)4-6-8-2-3-9-6/h5-6H,2-4H2,1H3. The Labute approximate surface area is 69.0 Å². The fourth-order valence-corrected chi connectivity index (χ4v) is 1.22. The van der Waals surface area contributed by atoms with Gasteiger partial charge in [0, 0.05) is 10.3 Å². The summed E-state index contributed by atoms with van der Waals surface area (Å²) in [6, 6.07) is 0. The molecule has 0 spiro atoms. The zero-order valence-corrected chi connectivity index (χ0v) is 7.63. The molecule has 54 valence electrons. The van der Waals surface area contributed by atoms with Crippen LogP contribution in [0.5, 0.6) is 0 Å². The molecule has 1 heterocycles. The van der Waals surface area contributed by atoms with E-state index in [1.54, 1.807) is 0 Å². The summed E-state index contributed by atoms with van der Waals surface area (Å²) in [6.45, 7) is 3.70. The Morgan fingerprint density at radius 1 is 1.56 bits per heavy atom. The minimum absolute atomic E-state index is 0.0805. The van der Waals surface area contributed by atoms with Crippen molar-refractivity contribution in [2.45, 2.75) is 23.6 Å². The molecule has 1 rings (SSSR count). The van der Waals surface area contributed by atoms with Crippen molar-refractivity contribution in [3.63, 3.8) is 0 Å². The van der Waals surface area contributed by atoms with Gasteiger partial charge in [-0.25, -0.2) is 0 Å². The molecule has 1 atom stereocenters. The van der Waals surface area contributed by atoms with Crippen LogP contribution in [-0.2, 0) is 9.47 Å². The van der Waals surface area contributed by atoms with Crippen molar-refractivity contribution in [3.05, 3.63) is 0 Å². The molecule has 0 saturated carbocycles. The van der Waals surface area contributed by atoms with Crippen LogP contribution < -0.4 is 0 Å². The lowest BCUT2D eigenvalue weighted by Crippen LogP contribution is -2.11. The molecular formula is C6H11IO2. The van der Waals surface area contributed by atoms with Gasteiger partial charge in [0.15, 0.2) is 6.29 Å². The normalized spacial score (nSPS) is 24.7. The predicted octanol–water partition coefficient (Wildman–Crippen LogP) is 1.57. The van der Waals surface area contributed by atoms with Gasteiger partial charge in [-0.3, -0.25) is 0 Å². The topological polar surface area (TPSA) is 18.5 Å². The molecule has 0 radical (unpaired) electrons. The van der Waals surface area contributed by atoms with E-state index in [9.17, 15) is 0 Å². The highest BCUT2D eigenvalue weighted by Gasteiger charge is 2.16. The molecule has 0 aromatic carbocycles. The van der Waals surface area contributed by atoms with E-state index in [4.69, 9.17) is 9.47 Å². The molecular weight excluding hydrogens is 231 g/mol. The average molecular weight is 242 g/mol. The molecule has 0 aromatic rings. The van der Waals surface area contributed by atoms with Crippen LogP contribution in [0.2, 0.25) is 0 Å². The van der Waals surface area contributed by atoms with Crippen molar-refractivity contribution in [3.8, 4) is 0 Å². The van der Waals surface area contributed by atoms with Crippen molar-refractivity contribution in [2.75, 3.05) is 13.2 Å². The molecule has 0 aliphatic carbocycles. The highest BCUT2D eigenvalue weighted by molar-refractivity contribution is 14.1. The quantitative estimate of drug-likeness (QED) is 0.540.